The lowest BCUT2D eigenvalue weighted by Gasteiger charge is -2.20. The van der Waals surface area contributed by atoms with Gasteiger partial charge in [0.05, 0.1) is 19.8 Å². The Bertz CT molecular complexity index is 1050. The van der Waals surface area contributed by atoms with Crippen molar-refractivity contribution < 1.29 is 9.47 Å². The molecule has 1 saturated carbocycles. The molecular formula is C25H33IN6O2. The Kier molecular flexibility index (Phi) is 9.99. The predicted octanol–water partition coefficient (Wildman–Crippen LogP) is 4.14. The number of nitrogens with zero attached hydrogens (tertiary/aromatic N) is 4. The van der Waals surface area contributed by atoms with Crippen molar-refractivity contribution in [2.45, 2.75) is 51.4 Å². The minimum absolute atomic E-state index is 0. The highest BCUT2D eigenvalue weighted by Gasteiger charge is 2.20. The second-order valence-corrected chi connectivity index (χ2v) is 8.17. The summed E-state index contributed by atoms with van der Waals surface area (Å²) in [6, 6.07) is 14.4. The van der Waals surface area contributed by atoms with Crippen LogP contribution in [0.5, 0.6) is 11.5 Å². The molecule has 1 aliphatic rings. The first kappa shape index (κ1) is 25.8. The zero-order valence-corrected chi connectivity index (χ0v) is 22.1. The van der Waals surface area contributed by atoms with Crippen molar-refractivity contribution in [2.75, 3.05) is 14.2 Å². The van der Waals surface area contributed by atoms with Crippen LogP contribution in [0.2, 0.25) is 0 Å². The van der Waals surface area contributed by atoms with Gasteiger partial charge in [-0.05, 0) is 42.9 Å². The summed E-state index contributed by atoms with van der Waals surface area (Å²) in [5.74, 6) is 2.33. The number of ether oxygens (including phenoxy) is 2. The number of guanidine groups is 1. The summed E-state index contributed by atoms with van der Waals surface area (Å²) in [4.78, 5) is 8.38. The lowest BCUT2D eigenvalue weighted by molar-refractivity contribution is 0.198. The minimum atomic E-state index is 0. The number of hydrogen-bond acceptors (Lipinski definition) is 5. The molecule has 182 valence electrons. The Balaban J connectivity index is 0.00000324. The third-order valence-corrected chi connectivity index (χ3v) is 5.80. The summed E-state index contributed by atoms with van der Waals surface area (Å²) in [5, 5.41) is 11.0. The van der Waals surface area contributed by atoms with E-state index in [1.807, 2.05) is 16.8 Å². The summed E-state index contributed by atoms with van der Waals surface area (Å²) in [5.41, 5.74) is 3.40. The Hall–Kier alpha value is -2.82. The molecule has 9 heteroatoms. The van der Waals surface area contributed by atoms with Crippen LogP contribution in [0.25, 0.3) is 0 Å². The highest BCUT2D eigenvalue weighted by molar-refractivity contribution is 14.0. The molecule has 1 aromatic heterocycles. The van der Waals surface area contributed by atoms with Gasteiger partial charge < -0.3 is 20.1 Å². The van der Waals surface area contributed by atoms with Gasteiger partial charge in [-0.3, -0.25) is 4.99 Å². The first-order valence-electron chi connectivity index (χ1n) is 11.4. The largest absolute Gasteiger partial charge is 0.493 e. The summed E-state index contributed by atoms with van der Waals surface area (Å²) in [7, 11) is 3.46. The van der Waals surface area contributed by atoms with Crippen molar-refractivity contribution in [3.05, 3.63) is 71.8 Å². The van der Waals surface area contributed by atoms with Gasteiger partial charge in [-0.15, -0.1) is 24.0 Å². The summed E-state index contributed by atoms with van der Waals surface area (Å²) < 4.78 is 13.7. The number of para-hydroxylation sites is 1. The van der Waals surface area contributed by atoms with Gasteiger partial charge in [0.1, 0.15) is 12.7 Å². The van der Waals surface area contributed by atoms with Crippen molar-refractivity contribution in [1.29, 1.82) is 0 Å². The molecule has 2 aromatic carbocycles. The highest BCUT2D eigenvalue weighted by atomic mass is 127. The Morgan fingerprint density at radius 1 is 1.09 bits per heavy atom. The zero-order chi connectivity index (χ0) is 22.9. The molecule has 0 spiro atoms. The quantitative estimate of drug-likeness (QED) is 0.226. The second kappa shape index (κ2) is 13.2. The molecule has 8 nitrogen and oxygen atoms in total. The summed E-state index contributed by atoms with van der Waals surface area (Å²) in [6.45, 7) is 1.94. The number of aliphatic imine (C=N–C) groups is 1. The second-order valence-electron chi connectivity index (χ2n) is 8.17. The van der Waals surface area contributed by atoms with Gasteiger partial charge in [-0.2, -0.15) is 5.10 Å². The van der Waals surface area contributed by atoms with Crippen molar-refractivity contribution in [3.8, 4) is 11.5 Å². The molecule has 0 aliphatic heterocycles. The maximum absolute atomic E-state index is 6.34. The van der Waals surface area contributed by atoms with E-state index >= 15 is 0 Å². The van der Waals surface area contributed by atoms with Gasteiger partial charge in [0.2, 0.25) is 0 Å². The van der Waals surface area contributed by atoms with E-state index in [4.69, 9.17) is 9.47 Å². The van der Waals surface area contributed by atoms with Crippen molar-refractivity contribution in [2.24, 2.45) is 4.99 Å². The number of nitrogens with one attached hydrogen (secondary N) is 2. The van der Waals surface area contributed by atoms with E-state index in [0.717, 1.165) is 35.9 Å². The van der Waals surface area contributed by atoms with Gasteiger partial charge in [0.25, 0.3) is 0 Å². The number of hydrogen-bond donors (Lipinski definition) is 2. The average molecular weight is 576 g/mol. The van der Waals surface area contributed by atoms with Crippen molar-refractivity contribution >= 4 is 29.9 Å². The van der Waals surface area contributed by atoms with E-state index in [1.54, 1.807) is 26.8 Å². The topological polar surface area (TPSA) is 85.6 Å². The van der Waals surface area contributed by atoms with E-state index in [-0.39, 0.29) is 30.1 Å². The van der Waals surface area contributed by atoms with Gasteiger partial charge in [-0.25, -0.2) is 9.67 Å². The predicted molar refractivity (Wildman–Crippen MR) is 144 cm³/mol. The highest BCUT2D eigenvalue weighted by Crippen LogP contribution is 2.34. The molecule has 0 radical (unpaired) electrons. The SMILES string of the molecule is CN=C(NCc1cccc(Cn2cncn2)c1)NCc1cccc(OC)c1OC1CCCC1.I. The first-order valence-corrected chi connectivity index (χ1v) is 11.4. The van der Waals surface area contributed by atoms with E-state index in [9.17, 15) is 0 Å². The van der Waals surface area contributed by atoms with E-state index < -0.39 is 0 Å². The Morgan fingerprint density at radius 3 is 2.59 bits per heavy atom. The van der Waals surface area contributed by atoms with E-state index in [2.05, 4.69) is 56.0 Å². The van der Waals surface area contributed by atoms with Crippen LogP contribution >= 0.6 is 24.0 Å². The van der Waals surface area contributed by atoms with Gasteiger partial charge in [-0.1, -0.05) is 36.4 Å². The molecule has 0 atom stereocenters. The molecule has 4 rings (SSSR count). The smallest absolute Gasteiger partial charge is 0.191 e. The lowest BCUT2D eigenvalue weighted by atomic mass is 10.1. The van der Waals surface area contributed by atoms with E-state index in [1.165, 1.54) is 24.0 Å². The van der Waals surface area contributed by atoms with Crippen LogP contribution in [0, 0.1) is 0 Å². The standard InChI is InChI=1S/C25H32N6O2.HI/c1-26-25(28-14-19-7-5-8-20(13-19)16-31-18-27-17-30-31)29-15-21-9-6-12-23(32-2)24(21)33-22-10-3-4-11-22;/h5-9,12-13,17-18,22H,3-4,10-11,14-16H2,1-2H3,(H2,26,28,29);1H. The van der Waals surface area contributed by atoms with Crippen LogP contribution in [-0.2, 0) is 19.6 Å². The lowest BCUT2D eigenvalue weighted by Crippen LogP contribution is -2.36. The normalized spacial score (nSPS) is 13.9. The Morgan fingerprint density at radius 2 is 1.85 bits per heavy atom. The summed E-state index contributed by atoms with van der Waals surface area (Å²) in [6.07, 6.45) is 8.19. The number of rotatable bonds is 9. The zero-order valence-electron chi connectivity index (χ0n) is 19.7. The maximum atomic E-state index is 6.34. The third-order valence-electron chi connectivity index (χ3n) is 5.80. The molecule has 0 amide bonds. The molecule has 0 bridgehead atoms. The van der Waals surface area contributed by atoms with Crippen molar-refractivity contribution in [1.82, 2.24) is 25.4 Å². The molecule has 1 fully saturated rings. The molecule has 3 aromatic rings. The molecule has 0 saturated heterocycles. The number of methoxy groups -OCH3 is 1. The minimum Gasteiger partial charge on any atom is -0.493 e. The number of aromatic nitrogens is 3. The van der Waals surface area contributed by atoms with Gasteiger partial charge in [0, 0.05) is 25.7 Å². The molecular weight excluding hydrogens is 543 g/mol. The monoisotopic (exact) mass is 576 g/mol. The molecule has 34 heavy (non-hydrogen) atoms. The fourth-order valence-electron chi connectivity index (χ4n) is 4.09. The molecule has 1 heterocycles. The van der Waals surface area contributed by atoms with Crippen LogP contribution in [-0.4, -0.2) is 41.0 Å². The average Bonchev–Trinajstić information content (AvgIpc) is 3.55. The van der Waals surface area contributed by atoms with Crippen LogP contribution in [0.15, 0.2) is 60.1 Å². The van der Waals surface area contributed by atoms with E-state index in [0.29, 0.717) is 19.6 Å². The first-order chi connectivity index (χ1) is 16.2. The van der Waals surface area contributed by atoms with Crippen LogP contribution < -0.4 is 20.1 Å². The molecule has 1 aliphatic carbocycles. The number of benzene rings is 2. The molecule has 2 N–H and O–H groups in total. The summed E-state index contributed by atoms with van der Waals surface area (Å²) >= 11 is 0. The third kappa shape index (κ3) is 7.09. The number of halogens is 1. The fourth-order valence-corrected chi connectivity index (χ4v) is 4.09. The Labute approximate surface area is 218 Å². The fraction of sp³-hybridized carbons (Fsp3) is 0.400. The van der Waals surface area contributed by atoms with Gasteiger partial charge in [0.15, 0.2) is 17.5 Å². The molecule has 0 unspecified atom stereocenters. The van der Waals surface area contributed by atoms with Crippen LogP contribution in [0.4, 0.5) is 0 Å². The van der Waals surface area contributed by atoms with Crippen LogP contribution in [0.1, 0.15) is 42.4 Å². The van der Waals surface area contributed by atoms with Crippen molar-refractivity contribution in [3.63, 3.8) is 0 Å². The van der Waals surface area contributed by atoms with Crippen LogP contribution in [0.3, 0.4) is 0 Å². The maximum Gasteiger partial charge on any atom is 0.191 e. The van der Waals surface area contributed by atoms with Gasteiger partial charge >= 0.3 is 0 Å².